The predicted octanol–water partition coefficient (Wildman–Crippen LogP) is 2.78. The average Bonchev–Trinajstić information content (AvgIpc) is 2.59. The highest BCUT2D eigenvalue weighted by atomic mass is 19.2. The normalized spacial score (nSPS) is 21.6. The van der Waals surface area contributed by atoms with Crippen LogP contribution in [0.1, 0.15) is 25.8 Å². The fourth-order valence-electron chi connectivity index (χ4n) is 2.51. The summed E-state index contributed by atoms with van der Waals surface area (Å²) in [6.45, 7) is 8.07. The standard InChI is InChI=1S/C15H22F2N2/c1-11(2)15-10-19(7-3-6-18-15)9-12-4-5-13(16)14(17)8-12/h4-5,8,11,15,18H,3,6-7,9-10H2,1-2H3. The van der Waals surface area contributed by atoms with Crippen molar-refractivity contribution in [2.45, 2.75) is 32.9 Å². The van der Waals surface area contributed by atoms with E-state index in [0.717, 1.165) is 31.6 Å². The summed E-state index contributed by atoms with van der Waals surface area (Å²) in [4.78, 5) is 2.32. The van der Waals surface area contributed by atoms with Crippen molar-refractivity contribution in [3.63, 3.8) is 0 Å². The minimum absolute atomic E-state index is 0.466. The lowest BCUT2D eigenvalue weighted by Gasteiger charge is -2.26. The molecule has 1 aromatic rings. The van der Waals surface area contributed by atoms with Crippen molar-refractivity contribution < 1.29 is 8.78 Å². The van der Waals surface area contributed by atoms with Crippen LogP contribution in [0.4, 0.5) is 8.78 Å². The minimum atomic E-state index is -0.777. The Balaban J connectivity index is 2.02. The molecule has 0 radical (unpaired) electrons. The molecule has 1 aromatic carbocycles. The minimum Gasteiger partial charge on any atom is -0.312 e. The lowest BCUT2D eigenvalue weighted by atomic mass is 10.0. The van der Waals surface area contributed by atoms with E-state index in [0.29, 0.717) is 18.5 Å². The van der Waals surface area contributed by atoms with Crippen LogP contribution in [0.15, 0.2) is 18.2 Å². The van der Waals surface area contributed by atoms with Crippen LogP contribution < -0.4 is 5.32 Å². The largest absolute Gasteiger partial charge is 0.312 e. The van der Waals surface area contributed by atoms with Crippen molar-refractivity contribution >= 4 is 0 Å². The number of hydrogen-bond donors (Lipinski definition) is 1. The Hall–Kier alpha value is -1.00. The monoisotopic (exact) mass is 268 g/mol. The second kappa shape index (κ2) is 6.44. The van der Waals surface area contributed by atoms with Crippen molar-refractivity contribution in [2.24, 2.45) is 5.92 Å². The Morgan fingerprint density at radius 2 is 2.11 bits per heavy atom. The summed E-state index contributed by atoms with van der Waals surface area (Å²) >= 11 is 0. The maximum atomic E-state index is 13.2. The summed E-state index contributed by atoms with van der Waals surface area (Å²) in [5, 5.41) is 3.54. The van der Waals surface area contributed by atoms with Crippen molar-refractivity contribution in [2.75, 3.05) is 19.6 Å². The molecule has 0 amide bonds. The summed E-state index contributed by atoms with van der Waals surface area (Å²) in [7, 11) is 0. The van der Waals surface area contributed by atoms with E-state index in [2.05, 4.69) is 24.1 Å². The molecule has 1 aliphatic rings. The van der Waals surface area contributed by atoms with E-state index < -0.39 is 11.6 Å². The first kappa shape index (κ1) is 14.4. The average molecular weight is 268 g/mol. The molecule has 1 heterocycles. The molecular weight excluding hydrogens is 246 g/mol. The molecular formula is C15H22F2N2. The second-order valence-corrected chi connectivity index (χ2v) is 5.64. The molecule has 1 aliphatic heterocycles. The van der Waals surface area contributed by atoms with Gasteiger partial charge in [0.15, 0.2) is 11.6 Å². The molecule has 106 valence electrons. The van der Waals surface area contributed by atoms with Crippen LogP contribution in [0, 0.1) is 17.6 Å². The number of rotatable bonds is 3. The Morgan fingerprint density at radius 1 is 1.32 bits per heavy atom. The summed E-state index contributed by atoms with van der Waals surface area (Å²) in [6, 6.07) is 4.65. The third-order valence-electron chi connectivity index (χ3n) is 3.71. The molecule has 0 aliphatic carbocycles. The summed E-state index contributed by atoms with van der Waals surface area (Å²) < 4.78 is 26.1. The van der Waals surface area contributed by atoms with Crippen LogP contribution in [-0.4, -0.2) is 30.6 Å². The van der Waals surface area contributed by atoms with Gasteiger partial charge in [-0.2, -0.15) is 0 Å². The molecule has 19 heavy (non-hydrogen) atoms. The SMILES string of the molecule is CC(C)C1CN(Cc2ccc(F)c(F)c2)CCCN1. The lowest BCUT2D eigenvalue weighted by molar-refractivity contribution is 0.238. The lowest BCUT2D eigenvalue weighted by Crippen LogP contribution is -2.41. The number of halogens is 2. The number of nitrogens with one attached hydrogen (secondary N) is 1. The predicted molar refractivity (Wildman–Crippen MR) is 72.9 cm³/mol. The number of nitrogens with zero attached hydrogens (tertiary/aromatic N) is 1. The van der Waals surface area contributed by atoms with E-state index >= 15 is 0 Å². The molecule has 1 unspecified atom stereocenters. The fourth-order valence-corrected chi connectivity index (χ4v) is 2.51. The first-order valence-electron chi connectivity index (χ1n) is 6.96. The smallest absolute Gasteiger partial charge is 0.159 e. The maximum absolute atomic E-state index is 13.2. The van der Waals surface area contributed by atoms with Gasteiger partial charge in [0.2, 0.25) is 0 Å². The van der Waals surface area contributed by atoms with Gasteiger partial charge >= 0.3 is 0 Å². The molecule has 0 spiro atoms. The van der Waals surface area contributed by atoms with E-state index in [4.69, 9.17) is 0 Å². The highest BCUT2D eigenvalue weighted by Gasteiger charge is 2.20. The van der Waals surface area contributed by atoms with Crippen molar-refractivity contribution in [3.05, 3.63) is 35.4 Å². The first-order valence-corrected chi connectivity index (χ1v) is 6.96. The number of hydrogen-bond acceptors (Lipinski definition) is 2. The fraction of sp³-hybridized carbons (Fsp3) is 0.600. The van der Waals surface area contributed by atoms with Gasteiger partial charge in [-0.25, -0.2) is 8.78 Å². The molecule has 0 bridgehead atoms. The van der Waals surface area contributed by atoms with E-state index in [1.807, 2.05) is 0 Å². The Bertz CT molecular complexity index is 421. The Kier molecular flexibility index (Phi) is 4.88. The zero-order valence-electron chi connectivity index (χ0n) is 11.6. The van der Waals surface area contributed by atoms with Gasteiger partial charge < -0.3 is 5.32 Å². The van der Waals surface area contributed by atoms with E-state index in [9.17, 15) is 8.78 Å². The van der Waals surface area contributed by atoms with Gasteiger partial charge in [-0.1, -0.05) is 19.9 Å². The number of benzene rings is 1. The quantitative estimate of drug-likeness (QED) is 0.907. The Morgan fingerprint density at radius 3 is 2.79 bits per heavy atom. The van der Waals surface area contributed by atoms with Crippen LogP contribution in [0.2, 0.25) is 0 Å². The highest BCUT2D eigenvalue weighted by Crippen LogP contribution is 2.14. The zero-order valence-corrected chi connectivity index (χ0v) is 11.6. The Labute approximate surface area is 113 Å². The molecule has 1 saturated heterocycles. The third-order valence-corrected chi connectivity index (χ3v) is 3.71. The van der Waals surface area contributed by atoms with Gasteiger partial charge in [0.1, 0.15) is 0 Å². The molecule has 1 N–H and O–H groups in total. The third kappa shape index (κ3) is 3.98. The molecule has 0 saturated carbocycles. The molecule has 4 heteroatoms. The van der Waals surface area contributed by atoms with Gasteiger partial charge in [0, 0.05) is 19.1 Å². The van der Waals surface area contributed by atoms with Gasteiger partial charge in [0.25, 0.3) is 0 Å². The highest BCUT2D eigenvalue weighted by molar-refractivity contribution is 5.17. The summed E-state index contributed by atoms with van der Waals surface area (Å²) in [5.74, 6) is -0.960. The van der Waals surface area contributed by atoms with Gasteiger partial charge in [-0.15, -0.1) is 0 Å². The molecule has 2 nitrogen and oxygen atoms in total. The van der Waals surface area contributed by atoms with Crippen molar-refractivity contribution in [3.8, 4) is 0 Å². The van der Waals surface area contributed by atoms with E-state index in [1.54, 1.807) is 6.07 Å². The second-order valence-electron chi connectivity index (χ2n) is 5.64. The first-order chi connectivity index (χ1) is 9.06. The molecule has 2 rings (SSSR count). The summed E-state index contributed by atoms with van der Waals surface area (Å²) in [5.41, 5.74) is 0.836. The van der Waals surface area contributed by atoms with Gasteiger partial charge in [-0.3, -0.25) is 4.90 Å². The van der Waals surface area contributed by atoms with Crippen LogP contribution in [0.5, 0.6) is 0 Å². The summed E-state index contributed by atoms with van der Waals surface area (Å²) in [6.07, 6.45) is 1.09. The maximum Gasteiger partial charge on any atom is 0.159 e. The van der Waals surface area contributed by atoms with Crippen molar-refractivity contribution in [1.82, 2.24) is 10.2 Å². The van der Waals surface area contributed by atoms with Gasteiger partial charge in [0.05, 0.1) is 0 Å². The molecule has 0 aromatic heterocycles. The van der Waals surface area contributed by atoms with Crippen molar-refractivity contribution in [1.29, 1.82) is 0 Å². The molecule has 1 atom stereocenters. The van der Waals surface area contributed by atoms with Crippen LogP contribution in [0.25, 0.3) is 0 Å². The molecule has 1 fully saturated rings. The van der Waals surface area contributed by atoms with Gasteiger partial charge in [-0.05, 0) is 43.1 Å². The van der Waals surface area contributed by atoms with Crippen LogP contribution >= 0.6 is 0 Å². The van der Waals surface area contributed by atoms with Crippen LogP contribution in [0.3, 0.4) is 0 Å². The van der Waals surface area contributed by atoms with E-state index in [1.165, 1.54) is 12.1 Å². The zero-order chi connectivity index (χ0) is 13.8. The van der Waals surface area contributed by atoms with E-state index in [-0.39, 0.29) is 0 Å². The van der Waals surface area contributed by atoms with Crippen LogP contribution in [-0.2, 0) is 6.54 Å². The topological polar surface area (TPSA) is 15.3 Å².